The van der Waals surface area contributed by atoms with Gasteiger partial charge in [-0.1, -0.05) is 230 Å². The predicted molar refractivity (Wildman–Crippen MR) is 348 cm³/mol. The van der Waals surface area contributed by atoms with Crippen molar-refractivity contribution in [1.29, 1.82) is 0 Å². The molecule has 0 N–H and O–H groups in total. The van der Waals surface area contributed by atoms with Crippen molar-refractivity contribution in [2.24, 2.45) is 0 Å². The summed E-state index contributed by atoms with van der Waals surface area (Å²) in [6.07, 6.45) is 0. The number of hydrogen-bond donors (Lipinski definition) is 0. The van der Waals surface area contributed by atoms with Crippen molar-refractivity contribution in [1.82, 2.24) is 28.7 Å². The van der Waals surface area contributed by atoms with Crippen LogP contribution in [0.5, 0.6) is 0 Å². The van der Waals surface area contributed by atoms with Crippen molar-refractivity contribution in [2.75, 3.05) is 0 Å². The van der Waals surface area contributed by atoms with Crippen LogP contribution in [0.15, 0.2) is 290 Å². The number of nitrogens with zero attached hydrogens (tertiary/aromatic N) is 6. The molecule has 16 aromatic rings. The van der Waals surface area contributed by atoms with E-state index < -0.39 is 453 Å². The monoisotopic (exact) mass is 1140 g/mol. The van der Waals surface area contributed by atoms with E-state index in [1.165, 1.54) is 0 Å². The van der Waals surface area contributed by atoms with Crippen LogP contribution in [-0.4, -0.2) is 44.8 Å². The zero-order valence-electron chi connectivity index (χ0n) is 89.2. The van der Waals surface area contributed by atoms with E-state index >= 15 is 0 Å². The van der Waals surface area contributed by atoms with Crippen LogP contribution < -0.4 is 41.5 Å². The van der Waals surface area contributed by atoms with Crippen LogP contribution in [0.25, 0.3) is 106 Å². The number of benzene rings is 12. The maximum absolute atomic E-state index is 11.5. The van der Waals surface area contributed by atoms with Crippen LogP contribution in [-0.2, 0) is 0 Å². The highest BCUT2D eigenvalue weighted by Gasteiger charge is 2.50. The second kappa shape index (κ2) is 17.5. The molecule has 8 heteroatoms. The lowest BCUT2D eigenvalue weighted by molar-refractivity contribution is 0.954. The summed E-state index contributed by atoms with van der Waals surface area (Å²) in [7, 11) is -13.5. The van der Waals surface area contributed by atoms with Gasteiger partial charge in [-0.25, -0.2) is 4.98 Å². The van der Waals surface area contributed by atoms with Gasteiger partial charge in [0.1, 0.15) is 0 Å². The number of rotatable bonds is 7. The molecule has 6 heterocycles. The zero-order chi connectivity index (χ0) is 96.2. The molecule has 0 amide bonds. The van der Waals surface area contributed by atoms with Gasteiger partial charge >= 0.3 is 0 Å². The van der Waals surface area contributed by atoms with Gasteiger partial charge in [-0.2, -0.15) is 9.97 Å². The Morgan fingerprint density at radius 2 is 0.566 bits per heavy atom. The maximum atomic E-state index is 11.5. The van der Waals surface area contributed by atoms with Crippen LogP contribution in [0.4, 0.5) is 0 Å². The minimum absolute atomic E-state index is 0.515. The van der Waals surface area contributed by atoms with Gasteiger partial charge < -0.3 is 9.13 Å². The molecular formula is C75H48N6Si2. The minimum atomic E-state index is -6.75. The molecule has 0 unspecified atom stereocenters. The quantitative estimate of drug-likeness (QED) is 0.149. The Balaban J connectivity index is 1.20. The SMILES string of the molecule is [2H]c1c([2H])c([2H])c([Si]2(c3c([2H])c([2H])c([2H])c([2H])c3[2H])c3c([2H])c([2H])c([2H])c([2H])c3-n3c4c([2H])c([2H])c([2H])c([2H])c4c4c([2H])c(-c5nc(-c6c([2H])c7c8c(c6[2H])c6c([2H])c([2H])c([2H])c([2H])c6n8-c6c([2H])c([2H])c([2H])c([2H])c6[Si]7(c6c([2H])c([2H])c([2H])c([2H])c6[2H])c6c([2H])c([2H])c([2H])c([2H])c6[2H])nc(-n6c7c([2H])c([2H])c([2H])c([2H])c7c7c([2H])c([2H])c([2H])c([2H])c76)n5)c([2H])c2c43)c([2H])c1[2H]. The average molecular weight is 1140 g/mol. The van der Waals surface area contributed by atoms with Crippen molar-refractivity contribution < 1.29 is 65.8 Å². The van der Waals surface area contributed by atoms with Crippen molar-refractivity contribution in [3.8, 4) is 40.1 Å². The predicted octanol–water partition coefficient (Wildman–Crippen LogP) is 11.9. The van der Waals surface area contributed by atoms with E-state index in [4.69, 9.17) is 23.2 Å². The smallest absolute Gasteiger partial charge is 0.238 e. The Kier molecular flexibility index (Phi) is 4.13. The molecular weight excluding hydrogens is 1040 g/mol. The summed E-state index contributed by atoms with van der Waals surface area (Å²) < 4.78 is 470. The average Bonchev–Trinajstić information content (AvgIpc) is 1.60. The maximum Gasteiger partial charge on any atom is 0.238 e. The fourth-order valence-corrected chi connectivity index (χ4v) is 20.0. The van der Waals surface area contributed by atoms with E-state index in [-0.39, 0.29) is 0 Å². The fourth-order valence-electron chi connectivity index (χ4n) is 11.7. The second-order valence-corrected chi connectivity index (χ2v) is 25.6. The first-order valence-electron chi connectivity index (χ1n) is 48.6. The van der Waals surface area contributed by atoms with E-state index in [0.29, 0.717) is 13.7 Å². The van der Waals surface area contributed by atoms with Crippen LogP contribution >= 0.6 is 0 Å². The van der Waals surface area contributed by atoms with E-state index in [1.54, 1.807) is 0 Å². The number of aromatic nitrogens is 6. The largest absolute Gasteiger partial charge is 0.309 e. The highest BCUT2D eigenvalue weighted by atomic mass is 28.3. The van der Waals surface area contributed by atoms with Gasteiger partial charge in [0.15, 0.2) is 27.8 Å². The Hall–Kier alpha value is -10.5. The third kappa shape index (κ3) is 6.22. The molecule has 0 aliphatic carbocycles. The van der Waals surface area contributed by atoms with Crippen LogP contribution in [0.3, 0.4) is 0 Å². The molecule has 386 valence electrons. The lowest BCUT2D eigenvalue weighted by Crippen LogP contribution is -2.76. The summed E-state index contributed by atoms with van der Waals surface area (Å²) in [5.41, 5.74) is -10.2. The lowest BCUT2D eigenvalue weighted by Gasteiger charge is -2.40. The molecule has 2 aliphatic heterocycles. The summed E-state index contributed by atoms with van der Waals surface area (Å²) in [5, 5.41) is -14.7. The first-order chi connectivity index (χ1) is 61.1. The normalized spacial score (nSPS) is 21.8. The standard InChI is InChI=1S/C75H48N6Si2/c1-5-25-51(26-6-1)82(52-27-7-2-8-28-52)67-43-23-21-41-65(67)79-61-37-17-15-35-57(61)59-45-49(47-69(82)71(59)79)73-76-74(78-75(77-73)81-63-39-19-13-33-55(63)56-34-14-20-40-64(56)81)50-46-60-58-36-16-18-38-62(58)80-66-42-22-24-44-68(66)83(70(48-50)72(60)80,53-29-9-3-10-30-53)54-31-11-4-12-32-54/h1-48H/i1D,2D,3D,4D,5D,6D,7D,8D,9D,10D,11D,12D,13D,14D,15D,16D,17D,18D,19D,20D,21D,22D,23D,24D,25D,26D,27D,28D,29D,30D,31D,32D,33D,34D,35D,36D,37D,38D,39D,40D,41D,42D,43D,44D,45D,46D,47D,48D. The molecule has 0 bridgehead atoms. The van der Waals surface area contributed by atoms with Crippen molar-refractivity contribution in [3.63, 3.8) is 0 Å². The van der Waals surface area contributed by atoms with Gasteiger partial charge in [-0.15, -0.1) is 0 Å². The zero-order valence-corrected chi connectivity index (χ0v) is 43.2. The molecule has 0 saturated heterocycles. The Morgan fingerprint density at radius 1 is 0.265 bits per heavy atom. The van der Waals surface area contributed by atoms with Gasteiger partial charge in [0, 0.05) is 54.8 Å². The van der Waals surface area contributed by atoms with Crippen LogP contribution in [0, 0.1) is 0 Å². The Labute approximate surface area is 547 Å². The van der Waals surface area contributed by atoms with Crippen LogP contribution in [0.2, 0.25) is 0 Å². The fraction of sp³-hybridized carbons (Fsp3) is 0. The van der Waals surface area contributed by atoms with Gasteiger partial charge in [0.05, 0.1) is 98.9 Å². The molecule has 0 radical (unpaired) electrons. The number of hydrogen-bond acceptors (Lipinski definition) is 3. The number of fused-ring (bicyclic) bond motifs is 13. The van der Waals surface area contributed by atoms with E-state index in [1.807, 2.05) is 0 Å². The number of para-hydroxylation sites is 6. The van der Waals surface area contributed by atoms with Crippen molar-refractivity contribution in [2.45, 2.75) is 0 Å². The van der Waals surface area contributed by atoms with Gasteiger partial charge in [0.2, 0.25) is 5.95 Å². The highest BCUT2D eigenvalue weighted by molar-refractivity contribution is 7.22. The van der Waals surface area contributed by atoms with Gasteiger partial charge in [-0.05, 0) is 102 Å². The molecule has 6 nitrogen and oxygen atoms in total. The van der Waals surface area contributed by atoms with Crippen LogP contribution in [0.1, 0.15) is 65.8 Å². The lowest BCUT2D eigenvalue weighted by atomic mass is 10.1. The first-order valence-corrected chi connectivity index (χ1v) is 28.6. The molecule has 0 spiro atoms. The molecule has 0 fully saturated rings. The van der Waals surface area contributed by atoms with Gasteiger partial charge in [0.25, 0.3) is 0 Å². The topological polar surface area (TPSA) is 53.5 Å². The van der Waals surface area contributed by atoms with E-state index in [0.717, 1.165) is 0 Å². The summed E-state index contributed by atoms with van der Waals surface area (Å²) >= 11 is 0. The van der Waals surface area contributed by atoms with E-state index in [9.17, 15) is 57.6 Å². The summed E-state index contributed by atoms with van der Waals surface area (Å²) in [6, 6.07) is -60.6. The Bertz CT molecular complexity index is 7620. The minimum Gasteiger partial charge on any atom is -0.309 e. The van der Waals surface area contributed by atoms with Crippen molar-refractivity contribution >= 4 is 123 Å². The molecule has 4 aromatic heterocycles. The third-order valence-corrected chi connectivity index (χ3v) is 23.2. The summed E-state index contributed by atoms with van der Waals surface area (Å²) in [5.74, 6) is -4.25. The van der Waals surface area contributed by atoms with Gasteiger partial charge in [-0.3, -0.25) is 4.57 Å². The molecule has 0 atom stereocenters. The molecule has 83 heavy (non-hydrogen) atoms. The summed E-state index contributed by atoms with van der Waals surface area (Å²) in [4.78, 5) is 14.5. The molecule has 0 saturated carbocycles. The Morgan fingerprint density at radius 3 is 0.940 bits per heavy atom. The highest BCUT2D eigenvalue weighted by Crippen LogP contribution is 2.41. The second-order valence-electron chi connectivity index (χ2n) is 18.6. The van der Waals surface area contributed by atoms with Crippen molar-refractivity contribution in [3.05, 3.63) is 290 Å². The molecule has 18 rings (SSSR count). The molecule has 12 aromatic carbocycles. The first kappa shape index (κ1) is 19.6. The third-order valence-electron chi connectivity index (χ3n) is 14.8. The molecule has 2 aliphatic rings. The summed E-state index contributed by atoms with van der Waals surface area (Å²) in [6.45, 7) is 0. The van der Waals surface area contributed by atoms with E-state index in [2.05, 4.69) is 0 Å².